The summed E-state index contributed by atoms with van der Waals surface area (Å²) in [6.45, 7) is 0. The van der Waals surface area contributed by atoms with Gasteiger partial charge in [-0.3, -0.25) is 4.98 Å². The molecule has 1 aromatic heterocycles. The topological polar surface area (TPSA) is 48.1 Å². The third-order valence-electron chi connectivity index (χ3n) is 6.19. The summed E-state index contributed by atoms with van der Waals surface area (Å²) >= 11 is 0. The van der Waals surface area contributed by atoms with Crippen LogP contribution in [0.5, 0.6) is 5.75 Å². The summed E-state index contributed by atoms with van der Waals surface area (Å²) in [5.41, 5.74) is 7.99. The van der Waals surface area contributed by atoms with Gasteiger partial charge >= 0.3 is 0 Å². The van der Waals surface area contributed by atoms with Crippen molar-refractivity contribution in [3.8, 4) is 5.75 Å². The number of hydrogen-bond acceptors (Lipinski definition) is 3. The molecule has 114 valence electrons. The van der Waals surface area contributed by atoms with E-state index in [4.69, 9.17) is 10.5 Å². The highest BCUT2D eigenvalue weighted by Crippen LogP contribution is 2.62. The van der Waals surface area contributed by atoms with Crippen LogP contribution in [0.3, 0.4) is 0 Å². The Balaban J connectivity index is 1.55. The SMILES string of the molecule is COc1cccnc1C(N)CC12CC3CC(CC(C3)C1)C2. The number of rotatable bonds is 4. The molecule has 4 saturated carbocycles. The number of hydrogen-bond donors (Lipinski definition) is 1. The maximum atomic E-state index is 6.55. The van der Waals surface area contributed by atoms with Gasteiger partial charge in [-0.05, 0) is 80.2 Å². The van der Waals surface area contributed by atoms with Gasteiger partial charge in [0.05, 0.1) is 18.8 Å². The Morgan fingerprint density at radius 1 is 1.24 bits per heavy atom. The third-order valence-corrected chi connectivity index (χ3v) is 6.19. The molecular formula is C18H26N2O. The van der Waals surface area contributed by atoms with Gasteiger partial charge in [-0.1, -0.05) is 0 Å². The monoisotopic (exact) mass is 286 g/mol. The maximum absolute atomic E-state index is 6.55. The molecule has 0 aromatic carbocycles. The van der Waals surface area contributed by atoms with Gasteiger partial charge < -0.3 is 10.5 Å². The lowest BCUT2D eigenvalue weighted by Gasteiger charge is -2.57. The van der Waals surface area contributed by atoms with Crippen LogP contribution in [0.4, 0.5) is 0 Å². The zero-order chi connectivity index (χ0) is 14.4. The van der Waals surface area contributed by atoms with Crippen LogP contribution in [-0.4, -0.2) is 12.1 Å². The van der Waals surface area contributed by atoms with E-state index in [0.29, 0.717) is 5.41 Å². The van der Waals surface area contributed by atoms with E-state index >= 15 is 0 Å². The Morgan fingerprint density at radius 2 is 1.86 bits per heavy atom. The van der Waals surface area contributed by atoms with Crippen molar-refractivity contribution in [3.63, 3.8) is 0 Å². The molecule has 0 spiro atoms. The van der Waals surface area contributed by atoms with Gasteiger partial charge in [-0.2, -0.15) is 0 Å². The minimum atomic E-state index is 0.0115. The van der Waals surface area contributed by atoms with Gasteiger partial charge in [0, 0.05) is 6.20 Å². The predicted octanol–water partition coefficient (Wildman–Crippen LogP) is 3.70. The fourth-order valence-electron chi connectivity index (χ4n) is 5.96. The molecule has 3 heteroatoms. The molecule has 5 rings (SSSR count). The molecule has 1 atom stereocenters. The van der Waals surface area contributed by atoms with Gasteiger partial charge in [0.2, 0.25) is 0 Å². The molecule has 2 N–H and O–H groups in total. The van der Waals surface area contributed by atoms with E-state index in [1.807, 2.05) is 18.3 Å². The largest absolute Gasteiger partial charge is 0.495 e. The summed E-state index contributed by atoms with van der Waals surface area (Å²) in [7, 11) is 1.71. The quantitative estimate of drug-likeness (QED) is 0.918. The normalized spacial score (nSPS) is 38.5. The van der Waals surface area contributed by atoms with Gasteiger partial charge in [-0.15, -0.1) is 0 Å². The fourth-order valence-corrected chi connectivity index (χ4v) is 5.96. The second-order valence-electron chi connectivity index (χ2n) is 7.82. The summed E-state index contributed by atoms with van der Waals surface area (Å²) in [6.07, 6.45) is 11.6. The highest BCUT2D eigenvalue weighted by Gasteiger charge is 2.51. The van der Waals surface area contributed by atoms with Crippen molar-refractivity contribution in [1.82, 2.24) is 4.98 Å². The van der Waals surface area contributed by atoms with Crippen molar-refractivity contribution in [2.75, 3.05) is 7.11 Å². The van der Waals surface area contributed by atoms with Crippen molar-refractivity contribution in [2.24, 2.45) is 28.9 Å². The summed E-state index contributed by atoms with van der Waals surface area (Å²) in [5.74, 6) is 3.78. The Morgan fingerprint density at radius 3 is 2.43 bits per heavy atom. The number of pyridine rings is 1. The molecule has 4 aliphatic carbocycles. The first-order valence-corrected chi connectivity index (χ1v) is 8.42. The van der Waals surface area contributed by atoms with Crippen LogP contribution in [0.25, 0.3) is 0 Å². The van der Waals surface area contributed by atoms with E-state index < -0.39 is 0 Å². The van der Waals surface area contributed by atoms with E-state index in [9.17, 15) is 0 Å². The van der Waals surface area contributed by atoms with Crippen LogP contribution in [0, 0.1) is 23.2 Å². The number of aromatic nitrogens is 1. The minimum absolute atomic E-state index is 0.0115. The lowest BCUT2D eigenvalue weighted by atomic mass is 9.48. The first-order chi connectivity index (χ1) is 10.2. The Bertz CT molecular complexity index is 492. The number of ether oxygens (including phenoxy) is 1. The van der Waals surface area contributed by atoms with Crippen LogP contribution >= 0.6 is 0 Å². The Labute approximate surface area is 127 Å². The highest BCUT2D eigenvalue weighted by molar-refractivity contribution is 5.29. The smallest absolute Gasteiger partial charge is 0.141 e. The molecule has 0 amide bonds. The van der Waals surface area contributed by atoms with Crippen molar-refractivity contribution in [2.45, 2.75) is 51.0 Å². The molecule has 1 unspecified atom stereocenters. The lowest BCUT2D eigenvalue weighted by Crippen LogP contribution is -2.47. The second-order valence-corrected chi connectivity index (χ2v) is 7.82. The minimum Gasteiger partial charge on any atom is -0.495 e. The summed E-state index contributed by atoms with van der Waals surface area (Å²) in [6, 6.07) is 3.90. The van der Waals surface area contributed by atoms with Crippen molar-refractivity contribution < 1.29 is 4.74 Å². The predicted molar refractivity (Wildman–Crippen MR) is 82.9 cm³/mol. The Hall–Kier alpha value is -1.09. The number of nitrogens with two attached hydrogens (primary N) is 1. The zero-order valence-corrected chi connectivity index (χ0v) is 12.9. The molecule has 3 nitrogen and oxygen atoms in total. The summed E-state index contributed by atoms with van der Waals surface area (Å²) < 4.78 is 5.44. The van der Waals surface area contributed by atoms with Crippen LogP contribution in [0.1, 0.15) is 56.7 Å². The standard InChI is InChI=1S/C18H26N2O/c1-21-16-3-2-4-20-17(16)15(19)11-18-8-12-5-13(9-18)7-14(6-12)10-18/h2-4,12-15H,5-11,19H2,1H3. The van der Waals surface area contributed by atoms with Crippen LogP contribution < -0.4 is 10.5 Å². The maximum Gasteiger partial charge on any atom is 0.141 e. The molecule has 0 radical (unpaired) electrons. The summed E-state index contributed by atoms with van der Waals surface area (Å²) in [5, 5.41) is 0. The van der Waals surface area contributed by atoms with E-state index in [0.717, 1.165) is 35.6 Å². The van der Waals surface area contributed by atoms with Crippen molar-refractivity contribution in [3.05, 3.63) is 24.0 Å². The number of nitrogens with zero attached hydrogens (tertiary/aromatic N) is 1. The van der Waals surface area contributed by atoms with Crippen LogP contribution in [0.15, 0.2) is 18.3 Å². The van der Waals surface area contributed by atoms with E-state index in [1.165, 1.54) is 38.5 Å². The van der Waals surface area contributed by atoms with E-state index in [1.54, 1.807) is 7.11 Å². The van der Waals surface area contributed by atoms with Gasteiger partial charge in [0.25, 0.3) is 0 Å². The molecule has 21 heavy (non-hydrogen) atoms. The van der Waals surface area contributed by atoms with Crippen LogP contribution in [-0.2, 0) is 0 Å². The van der Waals surface area contributed by atoms with Gasteiger partial charge in [0.1, 0.15) is 5.75 Å². The first kappa shape index (κ1) is 13.6. The molecule has 0 saturated heterocycles. The third kappa shape index (κ3) is 2.36. The first-order valence-electron chi connectivity index (χ1n) is 8.42. The lowest BCUT2D eigenvalue weighted by molar-refractivity contribution is -0.0607. The highest BCUT2D eigenvalue weighted by atomic mass is 16.5. The number of methoxy groups -OCH3 is 1. The van der Waals surface area contributed by atoms with E-state index in [-0.39, 0.29) is 6.04 Å². The molecular weight excluding hydrogens is 260 g/mol. The molecule has 1 heterocycles. The van der Waals surface area contributed by atoms with Gasteiger partial charge in [0.15, 0.2) is 0 Å². The molecule has 4 fully saturated rings. The van der Waals surface area contributed by atoms with E-state index in [2.05, 4.69) is 4.98 Å². The van der Waals surface area contributed by atoms with Gasteiger partial charge in [-0.25, -0.2) is 0 Å². The molecule has 4 bridgehead atoms. The van der Waals surface area contributed by atoms with Crippen LogP contribution in [0.2, 0.25) is 0 Å². The average molecular weight is 286 g/mol. The summed E-state index contributed by atoms with van der Waals surface area (Å²) in [4.78, 5) is 4.50. The zero-order valence-electron chi connectivity index (χ0n) is 12.9. The second kappa shape index (κ2) is 4.98. The molecule has 1 aromatic rings. The molecule has 0 aliphatic heterocycles. The van der Waals surface area contributed by atoms with Crippen molar-refractivity contribution >= 4 is 0 Å². The van der Waals surface area contributed by atoms with Crippen molar-refractivity contribution in [1.29, 1.82) is 0 Å². The Kier molecular flexibility index (Phi) is 3.21. The average Bonchev–Trinajstić information content (AvgIpc) is 2.45. The fraction of sp³-hybridized carbons (Fsp3) is 0.722. The molecule has 4 aliphatic rings.